The number of nitrogens with two attached hydrogens (primary N) is 1. The van der Waals surface area contributed by atoms with Crippen LogP contribution in [0.15, 0.2) is 23.3 Å². The van der Waals surface area contributed by atoms with Crippen LogP contribution >= 0.6 is 23.2 Å². The molecule has 100 valence electrons. The number of rotatable bonds is 3. The third kappa shape index (κ3) is 2.74. The van der Waals surface area contributed by atoms with Crippen LogP contribution in [0, 0.1) is 0 Å². The van der Waals surface area contributed by atoms with Gasteiger partial charge in [0, 0.05) is 6.07 Å². The lowest BCUT2D eigenvalue weighted by atomic mass is 10.3. The fraction of sp³-hybridized carbons (Fsp3) is 0.0909. The van der Waals surface area contributed by atoms with Crippen molar-refractivity contribution >= 4 is 28.9 Å². The maximum absolute atomic E-state index is 11.5. The average molecular weight is 302 g/mol. The number of ether oxygens (including phenoxy) is 2. The number of nitrogens with zero attached hydrogens (tertiary/aromatic N) is 1. The number of nitrogens with one attached hydrogen (secondary N) is 1. The molecular formula is C11H9Cl2N3O3. The first-order valence-electron chi connectivity index (χ1n) is 5.07. The fourth-order valence-electron chi connectivity index (χ4n) is 1.36. The summed E-state index contributed by atoms with van der Waals surface area (Å²) in [4.78, 5) is 17.7. The molecule has 1 aromatic carbocycles. The first kappa shape index (κ1) is 13.5. The van der Waals surface area contributed by atoms with E-state index in [0.29, 0.717) is 5.02 Å². The molecule has 0 aliphatic rings. The molecule has 0 aliphatic heterocycles. The number of anilines is 1. The molecule has 19 heavy (non-hydrogen) atoms. The molecule has 3 N–H and O–H groups in total. The minimum absolute atomic E-state index is 0.0173. The Balaban J connectivity index is 2.45. The van der Waals surface area contributed by atoms with Gasteiger partial charge >= 0.3 is 0 Å². The van der Waals surface area contributed by atoms with E-state index >= 15 is 0 Å². The van der Waals surface area contributed by atoms with Crippen LogP contribution in [0.2, 0.25) is 10.0 Å². The van der Waals surface area contributed by atoms with Gasteiger partial charge in [-0.15, -0.1) is 0 Å². The molecule has 0 aliphatic carbocycles. The van der Waals surface area contributed by atoms with Crippen LogP contribution in [0.25, 0.3) is 0 Å². The van der Waals surface area contributed by atoms with Crippen molar-refractivity contribution < 1.29 is 9.47 Å². The Morgan fingerprint density at radius 2 is 2.00 bits per heavy atom. The van der Waals surface area contributed by atoms with Gasteiger partial charge in [-0.25, -0.2) is 4.98 Å². The summed E-state index contributed by atoms with van der Waals surface area (Å²) in [6.07, 6.45) is 1.19. The molecule has 0 fully saturated rings. The van der Waals surface area contributed by atoms with E-state index in [4.69, 9.17) is 38.4 Å². The van der Waals surface area contributed by atoms with E-state index in [1.165, 1.54) is 25.6 Å². The summed E-state index contributed by atoms with van der Waals surface area (Å²) in [5, 5.41) is 0.576. The van der Waals surface area contributed by atoms with Crippen molar-refractivity contribution in [2.45, 2.75) is 0 Å². The lowest BCUT2D eigenvalue weighted by molar-refractivity contribution is 0.363. The average Bonchev–Trinajstić information content (AvgIpc) is 2.36. The van der Waals surface area contributed by atoms with Crippen molar-refractivity contribution in [3.05, 3.63) is 38.9 Å². The van der Waals surface area contributed by atoms with Gasteiger partial charge in [0.15, 0.2) is 5.75 Å². The van der Waals surface area contributed by atoms with Gasteiger partial charge in [0.25, 0.3) is 11.4 Å². The molecule has 0 saturated heterocycles. The van der Waals surface area contributed by atoms with Crippen LogP contribution in [0.1, 0.15) is 0 Å². The van der Waals surface area contributed by atoms with Crippen molar-refractivity contribution in [3.63, 3.8) is 0 Å². The first-order valence-corrected chi connectivity index (χ1v) is 5.82. The molecule has 1 heterocycles. The Kier molecular flexibility index (Phi) is 3.82. The Morgan fingerprint density at radius 1 is 1.32 bits per heavy atom. The van der Waals surface area contributed by atoms with Gasteiger partial charge in [0.2, 0.25) is 5.75 Å². The third-order valence-electron chi connectivity index (χ3n) is 2.24. The summed E-state index contributed by atoms with van der Waals surface area (Å²) in [6, 6.07) is 2.88. The van der Waals surface area contributed by atoms with E-state index < -0.39 is 5.56 Å². The molecule has 0 bridgehead atoms. The predicted octanol–water partition coefficient (Wildman–Crippen LogP) is 2.46. The lowest BCUT2D eigenvalue weighted by Crippen LogP contribution is -2.11. The molecule has 0 spiro atoms. The molecule has 0 amide bonds. The first-order chi connectivity index (χ1) is 9.02. The number of hydrogen-bond donors (Lipinski definition) is 2. The van der Waals surface area contributed by atoms with E-state index in [2.05, 4.69) is 9.97 Å². The number of methoxy groups -OCH3 is 1. The topological polar surface area (TPSA) is 90.2 Å². The lowest BCUT2D eigenvalue weighted by Gasteiger charge is -2.10. The second-order valence-corrected chi connectivity index (χ2v) is 4.29. The summed E-state index contributed by atoms with van der Waals surface area (Å²) in [5.74, 6) is 0.148. The zero-order valence-corrected chi connectivity index (χ0v) is 11.2. The number of H-pyrrole nitrogens is 1. The van der Waals surface area contributed by atoms with Gasteiger partial charge in [-0.3, -0.25) is 4.79 Å². The molecule has 0 saturated carbocycles. The SMILES string of the molecule is COc1c(Oc2cc(Cl)c(Cl)cc2N)nc[nH]c1=O. The van der Waals surface area contributed by atoms with Gasteiger partial charge in [0.05, 0.1) is 29.2 Å². The number of aromatic amines is 1. The highest BCUT2D eigenvalue weighted by Gasteiger charge is 2.14. The van der Waals surface area contributed by atoms with Gasteiger partial charge in [0.1, 0.15) is 0 Å². The van der Waals surface area contributed by atoms with Gasteiger partial charge in [-0.05, 0) is 6.07 Å². The zero-order valence-electron chi connectivity index (χ0n) is 9.74. The molecule has 0 unspecified atom stereocenters. The molecular weight excluding hydrogens is 293 g/mol. The van der Waals surface area contributed by atoms with Crippen molar-refractivity contribution in [2.24, 2.45) is 0 Å². The van der Waals surface area contributed by atoms with Crippen molar-refractivity contribution in [1.29, 1.82) is 0 Å². The van der Waals surface area contributed by atoms with Crippen LogP contribution in [-0.4, -0.2) is 17.1 Å². The molecule has 0 atom stereocenters. The zero-order chi connectivity index (χ0) is 14.0. The highest BCUT2D eigenvalue weighted by atomic mass is 35.5. The highest BCUT2D eigenvalue weighted by Crippen LogP contribution is 2.35. The standard InChI is InChI=1S/C11H9Cl2N3O3/c1-18-9-10(17)15-4-16-11(9)19-8-3-6(13)5(12)2-7(8)14/h2-4H,14H2,1H3,(H,15,16,17). The molecule has 6 nitrogen and oxygen atoms in total. The van der Waals surface area contributed by atoms with Crippen LogP contribution in [0.4, 0.5) is 5.69 Å². The maximum Gasteiger partial charge on any atom is 0.297 e. The van der Waals surface area contributed by atoms with Gasteiger partial charge in [-0.2, -0.15) is 0 Å². The van der Waals surface area contributed by atoms with E-state index in [1.807, 2.05) is 0 Å². The summed E-state index contributed by atoms with van der Waals surface area (Å²) >= 11 is 11.7. The fourth-order valence-corrected chi connectivity index (χ4v) is 1.69. The van der Waals surface area contributed by atoms with Gasteiger partial charge in [-0.1, -0.05) is 23.2 Å². The Morgan fingerprint density at radius 3 is 2.68 bits per heavy atom. The minimum atomic E-state index is -0.467. The molecule has 2 rings (SSSR count). The van der Waals surface area contributed by atoms with E-state index in [1.54, 1.807) is 0 Å². The van der Waals surface area contributed by atoms with Crippen LogP contribution in [-0.2, 0) is 0 Å². The van der Waals surface area contributed by atoms with E-state index in [0.717, 1.165) is 0 Å². The minimum Gasteiger partial charge on any atom is -0.487 e. The van der Waals surface area contributed by atoms with Gasteiger partial charge < -0.3 is 20.2 Å². The molecule has 0 radical (unpaired) electrons. The Labute approximate surface area is 118 Å². The molecule has 1 aromatic heterocycles. The van der Waals surface area contributed by atoms with Crippen molar-refractivity contribution in [1.82, 2.24) is 9.97 Å². The Bertz CT molecular complexity index is 673. The second kappa shape index (κ2) is 5.38. The summed E-state index contributed by atoms with van der Waals surface area (Å²) in [6.45, 7) is 0. The third-order valence-corrected chi connectivity index (χ3v) is 2.96. The van der Waals surface area contributed by atoms with E-state index in [-0.39, 0.29) is 28.1 Å². The summed E-state index contributed by atoms with van der Waals surface area (Å²) in [5.41, 5.74) is 5.54. The normalized spacial score (nSPS) is 10.3. The smallest absolute Gasteiger partial charge is 0.297 e. The van der Waals surface area contributed by atoms with Crippen LogP contribution < -0.4 is 20.8 Å². The van der Waals surface area contributed by atoms with E-state index in [9.17, 15) is 4.79 Å². The highest BCUT2D eigenvalue weighted by molar-refractivity contribution is 6.42. The van der Waals surface area contributed by atoms with Crippen LogP contribution in [0.5, 0.6) is 17.4 Å². The van der Waals surface area contributed by atoms with Crippen molar-refractivity contribution in [3.8, 4) is 17.4 Å². The molecule has 8 heteroatoms. The second-order valence-electron chi connectivity index (χ2n) is 3.48. The predicted molar refractivity (Wildman–Crippen MR) is 72.4 cm³/mol. The Hall–Kier alpha value is -1.92. The quantitative estimate of drug-likeness (QED) is 0.850. The van der Waals surface area contributed by atoms with Crippen LogP contribution in [0.3, 0.4) is 0 Å². The molecule has 2 aromatic rings. The number of aromatic nitrogens is 2. The number of benzene rings is 1. The summed E-state index contributed by atoms with van der Waals surface area (Å²) < 4.78 is 10.3. The number of nitrogen functional groups attached to an aromatic ring is 1. The number of halogens is 2. The maximum atomic E-state index is 11.5. The largest absolute Gasteiger partial charge is 0.487 e. The van der Waals surface area contributed by atoms with Crippen molar-refractivity contribution in [2.75, 3.05) is 12.8 Å². The summed E-state index contributed by atoms with van der Waals surface area (Å²) in [7, 11) is 1.33. The monoisotopic (exact) mass is 301 g/mol. The number of hydrogen-bond acceptors (Lipinski definition) is 5.